The molecule has 1 aliphatic rings. The molecule has 1 heterocycles. The van der Waals surface area contributed by atoms with Gasteiger partial charge in [-0.1, -0.05) is 38.4 Å². The lowest BCUT2D eigenvalue weighted by Crippen LogP contribution is -2.52. The summed E-state index contributed by atoms with van der Waals surface area (Å²) in [6, 6.07) is 7.61. The van der Waals surface area contributed by atoms with Crippen LogP contribution in [0.2, 0.25) is 5.02 Å². The number of piperazine rings is 1. The van der Waals surface area contributed by atoms with Crippen molar-refractivity contribution in [1.82, 2.24) is 10.2 Å². The van der Waals surface area contributed by atoms with E-state index in [1.807, 2.05) is 24.3 Å². The number of hydrogen-bond donors (Lipinski definition) is 1. The summed E-state index contributed by atoms with van der Waals surface area (Å²) in [6.07, 6.45) is 0. The van der Waals surface area contributed by atoms with Crippen LogP contribution in [-0.4, -0.2) is 55.2 Å². The van der Waals surface area contributed by atoms with Crippen LogP contribution in [0, 0.1) is 5.41 Å². The second-order valence-electron chi connectivity index (χ2n) is 7.11. The maximum atomic E-state index is 12.2. The highest BCUT2D eigenvalue weighted by Crippen LogP contribution is 2.20. The zero-order chi connectivity index (χ0) is 18.6. The van der Waals surface area contributed by atoms with Gasteiger partial charge >= 0.3 is 0 Å². The standard InChI is InChI=1S/C18H24ClN3O3/c1-18(2,3)16(24)17(25)20-12-15(23)22-9-7-21(8-10-22)14-6-4-5-13(19)11-14/h4-6,11H,7-10,12H2,1-3H3,(H,20,25). The molecule has 2 amide bonds. The Bertz CT molecular complexity index is 662. The molecule has 0 bridgehead atoms. The Kier molecular flexibility index (Phi) is 6.06. The third kappa shape index (κ3) is 5.19. The lowest BCUT2D eigenvalue weighted by Gasteiger charge is -2.36. The number of nitrogens with one attached hydrogen (secondary N) is 1. The minimum absolute atomic E-state index is 0.155. The molecule has 2 rings (SSSR count). The Morgan fingerprint density at radius 2 is 1.76 bits per heavy atom. The zero-order valence-corrected chi connectivity index (χ0v) is 15.6. The lowest BCUT2D eigenvalue weighted by atomic mass is 9.90. The van der Waals surface area contributed by atoms with Gasteiger partial charge in [0.25, 0.3) is 5.91 Å². The minimum Gasteiger partial charge on any atom is -0.368 e. The van der Waals surface area contributed by atoms with Crippen molar-refractivity contribution in [2.24, 2.45) is 5.41 Å². The minimum atomic E-state index is -0.754. The van der Waals surface area contributed by atoms with Crippen LogP contribution in [0.15, 0.2) is 24.3 Å². The fraction of sp³-hybridized carbons (Fsp3) is 0.500. The molecule has 25 heavy (non-hydrogen) atoms. The average molecular weight is 366 g/mol. The number of carbonyl (C=O) groups excluding carboxylic acids is 3. The number of amides is 2. The molecule has 1 aliphatic heterocycles. The maximum absolute atomic E-state index is 12.2. The molecule has 1 saturated heterocycles. The fourth-order valence-corrected chi connectivity index (χ4v) is 2.76. The summed E-state index contributed by atoms with van der Waals surface area (Å²) in [5.41, 5.74) is 0.277. The van der Waals surface area contributed by atoms with E-state index in [9.17, 15) is 14.4 Å². The van der Waals surface area contributed by atoms with Gasteiger partial charge in [0, 0.05) is 42.3 Å². The van der Waals surface area contributed by atoms with Crippen molar-refractivity contribution in [3.05, 3.63) is 29.3 Å². The molecular formula is C18H24ClN3O3. The van der Waals surface area contributed by atoms with E-state index in [1.165, 1.54) is 0 Å². The van der Waals surface area contributed by atoms with Crippen molar-refractivity contribution in [1.29, 1.82) is 0 Å². The highest BCUT2D eigenvalue weighted by atomic mass is 35.5. The third-order valence-electron chi connectivity index (χ3n) is 4.09. The van der Waals surface area contributed by atoms with E-state index in [-0.39, 0.29) is 12.5 Å². The van der Waals surface area contributed by atoms with Crippen LogP contribution in [0.3, 0.4) is 0 Å². The quantitative estimate of drug-likeness (QED) is 0.825. The molecule has 0 spiro atoms. The number of Topliss-reactive ketones (excluding diaryl/α,β-unsaturated/α-hetero) is 1. The van der Waals surface area contributed by atoms with E-state index in [2.05, 4.69) is 10.2 Å². The number of ketones is 1. The van der Waals surface area contributed by atoms with Crippen LogP contribution in [0.4, 0.5) is 5.69 Å². The van der Waals surface area contributed by atoms with Crippen LogP contribution in [-0.2, 0) is 14.4 Å². The van der Waals surface area contributed by atoms with Crippen molar-refractivity contribution in [3.8, 4) is 0 Å². The van der Waals surface area contributed by atoms with E-state index in [1.54, 1.807) is 25.7 Å². The van der Waals surface area contributed by atoms with E-state index in [0.29, 0.717) is 31.2 Å². The normalized spacial score (nSPS) is 15.0. The van der Waals surface area contributed by atoms with Crippen molar-refractivity contribution in [2.45, 2.75) is 20.8 Å². The summed E-state index contributed by atoms with van der Waals surface area (Å²) in [6.45, 7) is 7.38. The third-order valence-corrected chi connectivity index (χ3v) is 4.33. The smallest absolute Gasteiger partial charge is 0.288 e. The zero-order valence-electron chi connectivity index (χ0n) is 14.8. The van der Waals surface area contributed by atoms with Gasteiger partial charge in [0.1, 0.15) is 0 Å². The molecule has 1 aromatic rings. The molecule has 0 aromatic heterocycles. The summed E-state index contributed by atoms with van der Waals surface area (Å²) in [7, 11) is 0. The van der Waals surface area contributed by atoms with E-state index in [4.69, 9.17) is 11.6 Å². The highest BCUT2D eigenvalue weighted by molar-refractivity contribution is 6.38. The summed E-state index contributed by atoms with van der Waals surface area (Å²) >= 11 is 6.01. The SMILES string of the molecule is CC(C)(C)C(=O)C(=O)NCC(=O)N1CCN(c2cccc(Cl)c2)CC1. The van der Waals surface area contributed by atoms with Gasteiger partial charge in [-0.25, -0.2) is 0 Å². The molecular weight excluding hydrogens is 342 g/mol. The Morgan fingerprint density at radius 1 is 1.12 bits per heavy atom. The Hall–Kier alpha value is -2.08. The van der Waals surface area contributed by atoms with Gasteiger partial charge in [0.15, 0.2) is 0 Å². The molecule has 0 atom stereocenters. The number of carbonyl (C=O) groups is 3. The molecule has 7 heteroatoms. The van der Waals surface area contributed by atoms with Crippen molar-refractivity contribution in [3.63, 3.8) is 0 Å². The second-order valence-corrected chi connectivity index (χ2v) is 7.55. The number of nitrogens with zero attached hydrogens (tertiary/aromatic N) is 2. The van der Waals surface area contributed by atoms with Gasteiger partial charge < -0.3 is 15.1 Å². The van der Waals surface area contributed by atoms with Gasteiger partial charge in [-0.3, -0.25) is 14.4 Å². The first kappa shape index (κ1) is 19.2. The monoisotopic (exact) mass is 365 g/mol. The number of benzene rings is 1. The first-order chi connectivity index (χ1) is 11.7. The van der Waals surface area contributed by atoms with Crippen molar-refractivity contribution >= 4 is 34.9 Å². The van der Waals surface area contributed by atoms with Crippen LogP contribution in [0.25, 0.3) is 0 Å². The van der Waals surface area contributed by atoms with Gasteiger partial charge in [-0.05, 0) is 18.2 Å². The molecule has 136 valence electrons. The van der Waals surface area contributed by atoms with E-state index in [0.717, 1.165) is 5.69 Å². The van der Waals surface area contributed by atoms with Gasteiger partial charge in [0.2, 0.25) is 11.7 Å². The summed E-state index contributed by atoms with van der Waals surface area (Å²) in [4.78, 5) is 39.7. The maximum Gasteiger partial charge on any atom is 0.288 e. The van der Waals surface area contributed by atoms with Crippen LogP contribution in [0.5, 0.6) is 0 Å². The largest absolute Gasteiger partial charge is 0.368 e. The topological polar surface area (TPSA) is 69.7 Å². The predicted octanol–water partition coefficient (Wildman–Crippen LogP) is 1.72. The first-order valence-electron chi connectivity index (χ1n) is 8.29. The Labute approximate surface area is 153 Å². The first-order valence-corrected chi connectivity index (χ1v) is 8.67. The number of hydrogen-bond acceptors (Lipinski definition) is 4. The van der Waals surface area contributed by atoms with Gasteiger partial charge in [0.05, 0.1) is 6.54 Å². The predicted molar refractivity (Wildman–Crippen MR) is 97.7 cm³/mol. The summed E-state index contributed by atoms with van der Waals surface area (Å²) in [5.74, 6) is -1.41. The van der Waals surface area contributed by atoms with E-state index >= 15 is 0 Å². The molecule has 0 saturated carbocycles. The second kappa shape index (κ2) is 7.87. The average Bonchev–Trinajstić information content (AvgIpc) is 2.58. The van der Waals surface area contributed by atoms with Crippen LogP contribution in [0.1, 0.15) is 20.8 Å². The molecule has 1 fully saturated rings. The summed E-state index contributed by atoms with van der Waals surface area (Å²) in [5, 5.41) is 3.11. The number of halogens is 1. The van der Waals surface area contributed by atoms with Crippen molar-refractivity contribution < 1.29 is 14.4 Å². The lowest BCUT2D eigenvalue weighted by molar-refractivity contribution is -0.143. The number of rotatable bonds is 4. The summed E-state index contributed by atoms with van der Waals surface area (Å²) < 4.78 is 0. The highest BCUT2D eigenvalue weighted by Gasteiger charge is 2.29. The molecule has 0 radical (unpaired) electrons. The molecule has 1 aromatic carbocycles. The van der Waals surface area contributed by atoms with Crippen LogP contribution < -0.4 is 10.2 Å². The number of anilines is 1. The van der Waals surface area contributed by atoms with E-state index < -0.39 is 17.1 Å². The van der Waals surface area contributed by atoms with Crippen LogP contribution >= 0.6 is 11.6 Å². The van der Waals surface area contributed by atoms with Gasteiger partial charge in [-0.2, -0.15) is 0 Å². The van der Waals surface area contributed by atoms with Gasteiger partial charge in [-0.15, -0.1) is 0 Å². The molecule has 0 aliphatic carbocycles. The molecule has 1 N–H and O–H groups in total. The Morgan fingerprint density at radius 3 is 2.32 bits per heavy atom. The molecule has 6 nitrogen and oxygen atoms in total. The fourth-order valence-electron chi connectivity index (χ4n) is 2.58. The molecule has 0 unspecified atom stereocenters. The van der Waals surface area contributed by atoms with Crippen molar-refractivity contribution in [2.75, 3.05) is 37.6 Å². The Balaban J connectivity index is 1.81.